The molecule has 2 aromatic rings. The molecule has 0 saturated carbocycles. The van der Waals surface area contributed by atoms with Crippen LogP contribution in [0.5, 0.6) is 5.75 Å². The summed E-state index contributed by atoms with van der Waals surface area (Å²) in [6, 6.07) is 12.7. The summed E-state index contributed by atoms with van der Waals surface area (Å²) in [4.78, 5) is 0. The van der Waals surface area contributed by atoms with E-state index in [0.717, 1.165) is 24.0 Å². The lowest BCUT2D eigenvalue weighted by atomic mass is 9.96. The first-order chi connectivity index (χ1) is 11.5. The summed E-state index contributed by atoms with van der Waals surface area (Å²) in [6.45, 7) is 9.08. The average Bonchev–Trinajstić information content (AvgIpc) is 2.62. The predicted molar refractivity (Wildman–Crippen MR) is 99.9 cm³/mol. The molecule has 0 bridgehead atoms. The molecule has 0 aliphatic heterocycles. The van der Waals surface area contributed by atoms with Gasteiger partial charge in [-0.25, -0.2) is 0 Å². The summed E-state index contributed by atoms with van der Waals surface area (Å²) in [7, 11) is 0. The van der Waals surface area contributed by atoms with Crippen molar-refractivity contribution in [1.82, 2.24) is 0 Å². The van der Waals surface area contributed by atoms with E-state index in [1.165, 1.54) is 10.9 Å². The summed E-state index contributed by atoms with van der Waals surface area (Å²) >= 11 is 0. The minimum atomic E-state index is -0.609. The Bertz CT molecular complexity index is 638. The molecule has 0 amide bonds. The second-order valence-corrected chi connectivity index (χ2v) is 6.59. The summed E-state index contributed by atoms with van der Waals surface area (Å²) in [6.07, 6.45) is 1.64. The number of rotatable bonds is 9. The first kappa shape index (κ1) is 18.8. The Morgan fingerprint density at radius 3 is 2.33 bits per heavy atom. The molecule has 0 radical (unpaired) electrons. The molecule has 3 heteroatoms. The van der Waals surface area contributed by atoms with Crippen LogP contribution in [-0.2, 0) is 4.74 Å². The fraction of sp³-hybridized carbons (Fsp3) is 0.524. The molecule has 0 saturated heterocycles. The number of ether oxygens (including phenoxy) is 2. The molecule has 24 heavy (non-hydrogen) atoms. The number of aliphatic hydroxyl groups excluding tert-OH is 1. The molecule has 3 unspecified atom stereocenters. The van der Waals surface area contributed by atoms with Crippen molar-refractivity contribution in [2.45, 2.75) is 58.7 Å². The lowest BCUT2D eigenvalue weighted by Gasteiger charge is -2.16. The van der Waals surface area contributed by atoms with Crippen molar-refractivity contribution in [2.75, 3.05) is 13.2 Å². The maximum absolute atomic E-state index is 9.94. The first-order valence-corrected chi connectivity index (χ1v) is 8.99. The molecular weight excluding hydrogens is 300 g/mol. The molecule has 1 N–H and O–H groups in total. The topological polar surface area (TPSA) is 38.7 Å². The van der Waals surface area contributed by atoms with E-state index >= 15 is 0 Å². The van der Waals surface area contributed by atoms with Gasteiger partial charge in [-0.1, -0.05) is 45.0 Å². The lowest BCUT2D eigenvalue weighted by Crippen LogP contribution is -2.25. The van der Waals surface area contributed by atoms with Crippen LogP contribution in [0, 0.1) is 0 Å². The Balaban J connectivity index is 1.96. The van der Waals surface area contributed by atoms with Gasteiger partial charge in [0.05, 0.1) is 12.7 Å². The number of hydrogen-bond donors (Lipinski definition) is 1. The molecule has 0 aromatic heterocycles. The molecule has 2 rings (SSSR count). The summed E-state index contributed by atoms with van der Waals surface area (Å²) in [5.74, 6) is 1.35. The van der Waals surface area contributed by atoms with Gasteiger partial charge in [-0.2, -0.15) is 0 Å². The highest BCUT2D eigenvalue weighted by atomic mass is 16.5. The van der Waals surface area contributed by atoms with Gasteiger partial charge >= 0.3 is 0 Å². The molecular formula is C21H30O3. The van der Waals surface area contributed by atoms with Gasteiger partial charge in [-0.15, -0.1) is 0 Å². The van der Waals surface area contributed by atoms with Crippen LogP contribution in [0.1, 0.15) is 52.0 Å². The van der Waals surface area contributed by atoms with Crippen LogP contribution >= 0.6 is 0 Å². The molecule has 0 aliphatic carbocycles. The van der Waals surface area contributed by atoms with Gasteiger partial charge in [0.25, 0.3) is 0 Å². The minimum absolute atomic E-state index is 0.167. The fourth-order valence-corrected chi connectivity index (χ4v) is 2.51. The molecule has 0 heterocycles. The highest BCUT2D eigenvalue weighted by Crippen LogP contribution is 2.26. The first-order valence-electron chi connectivity index (χ1n) is 8.99. The van der Waals surface area contributed by atoms with Gasteiger partial charge in [0.15, 0.2) is 0 Å². The van der Waals surface area contributed by atoms with Crippen LogP contribution in [0.25, 0.3) is 10.8 Å². The van der Waals surface area contributed by atoms with Crippen molar-refractivity contribution in [3.05, 3.63) is 42.0 Å². The van der Waals surface area contributed by atoms with E-state index in [4.69, 9.17) is 9.47 Å². The highest BCUT2D eigenvalue weighted by molar-refractivity contribution is 5.84. The van der Waals surface area contributed by atoms with Crippen LogP contribution in [0.2, 0.25) is 0 Å². The summed E-state index contributed by atoms with van der Waals surface area (Å²) in [5.41, 5.74) is 1.37. The van der Waals surface area contributed by atoms with Crippen LogP contribution in [-0.4, -0.2) is 30.5 Å². The quantitative estimate of drug-likeness (QED) is 0.710. The molecule has 3 atom stereocenters. The highest BCUT2D eigenvalue weighted by Gasteiger charge is 2.09. The Hall–Kier alpha value is -1.58. The third kappa shape index (κ3) is 5.22. The number of aliphatic hydroxyl groups is 1. The van der Waals surface area contributed by atoms with Crippen molar-refractivity contribution in [2.24, 2.45) is 0 Å². The Labute approximate surface area is 145 Å². The zero-order chi connectivity index (χ0) is 17.5. The molecule has 132 valence electrons. The molecule has 2 aromatic carbocycles. The zero-order valence-electron chi connectivity index (χ0n) is 15.3. The summed E-state index contributed by atoms with van der Waals surface area (Å²) in [5, 5.41) is 12.3. The number of benzene rings is 2. The van der Waals surface area contributed by atoms with Crippen LogP contribution in [0.3, 0.4) is 0 Å². The second-order valence-electron chi connectivity index (χ2n) is 6.59. The van der Waals surface area contributed by atoms with Gasteiger partial charge in [-0.3, -0.25) is 0 Å². The van der Waals surface area contributed by atoms with E-state index < -0.39 is 6.10 Å². The Kier molecular flexibility index (Phi) is 7.07. The fourth-order valence-electron chi connectivity index (χ4n) is 2.51. The maximum atomic E-state index is 9.94. The molecule has 0 fully saturated rings. The zero-order valence-corrected chi connectivity index (χ0v) is 15.3. The second kappa shape index (κ2) is 9.05. The smallest absolute Gasteiger partial charge is 0.120 e. The largest absolute Gasteiger partial charge is 0.491 e. The van der Waals surface area contributed by atoms with Crippen molar-refractivity contribution < 1.29 is 14.6 Å². The van der Waals surface area contributed by atoms with Crippen LogP contribution in [0.4, 0.5) is 0 Å². The van der Waals surface area contributed by atoms with Gasteiger partial charge in [0.1, 0.15) is 18.5 Å². The van der Waals surface area contributed by atoms with Gasteiger partial charge in [0, 0.05) is 0 Å². The third-order valence-corrected chi connectivity index (χ3v) is 4.61. The predicted octanol–water partition coefficient (Wildman–Crippen LogP) is 4.91. The third-order valence-electron chi connectivity index (χ3n) is 4.61. The van der Waals surface area contributed by atoms with Gasteiger partial charge in [0.2, 0.25) is 0 Å². The Morgan fingerprint density at radius 2 is 1.62 bits per heavy atom. The van der Waals surface area contributed by atoms with Crippen molar-refractivity contribution in [3.63, 3.8) is 0 Å². The number of fused-ring (bicyclic) bond motifs is 1. The van der Waals surface area contributed by atoms with Crippen molar-refractivity contribution in [3.8, 4) is 5.75 Å². The molecule has 3 nitrogen and oxygen atoms in total. The van der Waals surface area contributed by atoms with E-state index in [2.05, 4.69) is 45.0 Å². The summed E-state index contributed by atoms with van der Waals surface area (Å²) < 4.78 is 11.2. The van der Waals surface area contributed by atoms with Crippen LogP contribution < -0.4 is 4.74 Å². The van der Waals surface area contributed by atoms with Crippen molar-refractivity contribution in [1.29, 1.82) is 0 Å². The lowest BCUT2D eigenvalue weighted by molar-refractivity contribution is -0.0192. The SMILES string of the molecule is CCC(C)OCC(O)COc1ccc2cc(C(C)CC)ccc2c1. The average molecular weight is 330 g/mol. The van der Waals surface area contributed by atoms with Crippen LogP contribution in [0.15, 0.2) is 36.4 Å². The normalized spacial score (nSPS) is 15.2. The monoisotopic (exact) mass is 330 g/mol. The van der Waals surface area contributed by atoms with Crippen molar-refractivity contribution >= 4 is 10.8 Å². The molecule has 0 aliphatic rings. The molecule has 0 spiro atoms. The van der Waals surface area contributed by atoms with E-state index in [9.17, 15) is 5.11 Å². The standard InChI is InChI=1S/C21H30O3/c1-5-15(3)17-7-8-19-12-21(10-9-18(19)11-17)24-14-20(22)13-23-16(4)6-2/h7-12,15-16,20,22H,5-6,13-14H2,1-4H3. The van der Waals surface area contributed by atoms with E-state index in [0.29, 0.717) is 12.5 Å². The van der Waals surface area contributed by atoms with Gasteiger partial charge in [-0.05, 0) is 54.2 Å². The van der Waals surface area contributed by atoms with Gasteiger partial charge < -0.3 is 14.6 Å². The maximum Gasteiger partial charge on any atom is 0.120 e. The Morgan fingerprint density at radius 1 is 0.917 bits per heavy atom. The van der Waals surface area contributed by atoms with E-state index in [1.54, 1.807) is 0 Å². The minimum Gasteiger partial charge on any atom is -0.491 e. The number of hydrogen-bond acceptors (Lipinski definition) is 3. The van der Waals surface area contributed by atoms with E-state index in [1.807, 2.05) is 19.1 Å². The van der Waals surface area contributed by atoms with E-state index in [-0.39, 0.29) is 12.7 Å².